The van der Waals surface area contributed by atoms with Crippen molar-refractivity contribution in [3.63, 3.8) is 0 Å². The number of amides is 1. The van der Waals surface area contributed by atoms with Crippen LogP contribution in [0.3, 0.4) is 0 Å². The van der Waals surface area contributed by atoms with Crippen molar-refractivity contribution in [1.29, 1.82) is 0 Å². The molecule has 0 bridgehead atoms. The van der Waals surface area contributed by atoms with Crippen LogP contribution in [0.15, 0.2) is 71.8 Å². The number of carbonyl (C=O) groups excluding carboxylic acids is 1. The van der Waals surface area contributed by atoms with Gasteiger partial charge in [-0.05, 0) is 36.8 Å². The third kappa shape index (κ3) is 4.67. The molecule has 0 aliphatic heterocycles. The molecule has 0 aliphatic carbocycles. The van der Waals surface area contributed by atoms with Gasteiger partial charge in [-0.25, -0.2) is 4.68 Å². The molecule has 1 atom stereocenters. The fraction of sp³-hybridized carbons (Fsp3) is 0.200. The number of nitrogens with one attached hydrogen (secondary N) is 1. The average molecular weight is 367 g/mol. The molecule has 1 N–H and O–H groups in total. The van der Waals surface area contributed by atoms with E-state index in [4.69, 9.17) is 4.74 Å². The lowest BCUT2D eigenvalue weighted by Crippen LogP contribution is -2.24. The zero-order chi connectivity index (χ0) is 18.4. The average Bonchev–Trinajstić information content (AvgIpc) is 3.09. The Morgan fingerprint density at radius 2 is 1.88 bits per heavy atom. The van der Waals surface area contributed by atoms with E-state index >= 15 is 0 Å². The number of methoxy groups -OCH3 is 1. The van der Waals surface area contributed by atoms with Crippen molar-refractivity contribution in [2.45, 2.75) is 23.6 Å². The molecule has 0 radical (unpaired) electrons. The SMILES string of the molecule is COc1ccc(SC(C)C(=O)Nc2ccnn2Cc2ccccc2)cc1. The number of ether oxygens (including phenoxy) is 1. The number of carbonyl (C=O) groups is 1. The van der Waals surface area contributed by atoms with Crippen molar-refractivity contribution in [1.82, 2.24) is 9.78 Å². The largest absolute Gasteiger partial charge is 0.497 e. The van der Waals surface area contributed by atoms with Crippen LogP contribution in [0.5, 0.6) is 5.75 Å². The van der Waals surface area contributed by atoms with E-state index in [0.717, 1.165) is 16.2 Å². The topological polar surface area (TPSA) is 56.1 Å². The van der Waals surface area contributed by atoms with Gasteiger partial charge in [0.1, 0.15) is 11.6 Å². The summed E-state index contributed by atoms with van der Waals surface area (Å²) in [6.07, 6.45) is 1.69. The number of rotatable bonds is 7. The molecular weight excluding hydrogens is 346 g/mol. The Morgan fingerprint density at radius 1 is 1.15 bits per heavy atom. The Kier molecular flexibility index (Phi) is 5.96. The first-order valence-corrected chi connectivity index (χ1v) is 9.21. The van der Waals surface area contributed by atoms with Crippen LogP contribution < -0.4 is 10.1 Å². The van der Waals surface area contributed by atoms with E-state index in [9.17, 15) is 4.79 Å². The minimum absolute atomic E-state index is 0.0550. The maximum absolute atomic E-state index is 12.5. The van der Waals surface area contributed by atoms with Gasteiger partial charge in [-0.2, -0.15) is 5.10 Å². The molecular formula is C20H21N3O2S. The van der Waals surface area contributed by atoms with Crippen LogP contribution in [0.1, 0.15) is 12.5 Å². The summed E-state index contributed by atoms with van der Waals surface area (Å²) in [6.45, 7) is 2.51. The Morgan fingerprint density at radius 3 is 2.58 bits per heavy atom. The molecule has 0 saturated heterocycles. The summed E-state index contributed by atoms with van der Waals surface area (Å²) in [7, 11) is 1.64. The van der Waals surface area contributed by atoms with Crippen molar-refractivity contribution in [3.05, 3.63) is 72.4 Å². The molecule has 1 heterocycles. The van der Waals surface area contributed by atoms with E-state index in [1.54, 1.807) is 18.0 Å². The highest BCUT2D eigenvalue weighted by Gasteiger charge is 2.16. The number of hydrogen-bond donors (Lipinski definition) is 1. The van der Waals surface area contributed by atoms with Gasteiger partial charge in [0.25, 0.3) is 0 Å². The molecule has 0 aliphatic rings. The lowest BCUT2D eigenvalue weighted by molar-refractivity contribution is -0.115. The van der Waals surface area contributed by atoms with E-state index in [-0.39, 0.29) is 11.2 Å². The third-order valence-corrected chi connectivity index (χ3v) is 5.00. The molecule has 0 spiro atoms. The minimum atomic E-state index is -0.233. The maximum Gasteiger partial charge on any atom is 0.238 e. The normalized spacial score (nSPS) is 11.8. The smallest absolute Gasteiger partial charge is 0.238 e. The van der Waals surface area contributed by atoms with E-state index in [2.05, 4.69) is 10.4 Å². The van der Waals surface area contributed by atoms with Crippen molar-refractivity contribution < 1.29 is 9.53 Å². The fourth-order valence-electron chi connectivity index (χ4n) is 2.46. The predicted octanol–water partition coefficient (Wildman–Crippen LogP) is 4.06. The summed E-state index contributed by atoms with van der Waals surface area (Å²) in [5, 5.41) is 7.04. The highest BCUT2D eigenvalue weighted by Crippen LogP contribution is 2.26. The Hall–Kier alpha value is -2.73. The second-order valence-electron chi connectivity index (χ2n) is 5.78. The van der Waals surface area contributed by atoms with Gasteiger partial charge in [0, 0.05) is 11.0 Å². The molecule has 26 heavy (non-hydrogen) atoms. The van der Waals surface area contributed by atoms with E-state index < -0.39 is 0 Å². The molecule has 134 valence electrons. The van der Waals surface area contributed by atoms with Crippen molar-refractivity contribution in [2.24, 2.45) is 0 Å². The number of hydrogen-bond acceptors (Lipinski definition) is 4. The molecule has 1 unspecified atom stereocenters. The first kappa shape index (κ1) is 18.1. The van der Waals surface area contributed by atoms with Crippen molar-refractivity contribution in [3.8, 4) is 5.75 Å². The molecule has 6 heteroatoms. The van der Waals surface area contributed by atoms with E-state index in [1.165, 1.54) is 11.8 Å². The van der Waals surface area contributed by atoms with Crippen molar-refractivity contribution in [2.75, 3.05) is 12.4 Å². The summed E-state index contributed by atoms with van der Waals surface area (Å²) in [4.78, 5) is 13.6. The van der Waals surface area contributed by atoms with Gasteiger partial charge in [0.2, 0.25) is 5.91 Å². The molecule has 1 aromatic heterocycles. The van der Waals surface area contributed by atoms with Gasteiger partial charge in [-0.15, -0.1) is 11.8 Å². The number of aromatic nitrogens is 2. The highest BCUT2D eigenvalue weighted by atomic mass is 32.2. The highest BCUT2D eigenvalue weighted by molar-refractivity contribution is 8.00. The van der Waals surface area contributed by atoms with Crippen LogP contribution in [-0.2, 0) is 11.3 Å². The zero-order valence-electron chi connectivity index (χ0n) is 14.8. The predicted molar refractivity (Wildman–Crippen MR) is 105 cm³/mol. The van der Waals surface area contributed by atoms with Crippen LogP contribution >= 0.6 is 11.8 Å². The first-order chi connectivity index (χ1) is 12.7. The molecule has 2 aromatic carbocycles. The second kappa shape index (κ2) is 8.58. The fourth-order valence-corrected chi connectivity index (χ4v) is 3.33. The van der Waals surface area contributed by atoms with Gasteiger partial charge < -0.3 is 10.1 Å². The van der Waals surface area contributed by atoms with Crippen LogP contribution in [0.2, 0.25) is 0 Å². The monoisotopic (exact) mass is 367 g/mol. The third-order valence-electron chi connectivity index (χ3n) is 3.88. The van der Waals surface area contributed by atoms with Gasteiger partial charge in [0.15, 0.2) is 0 Å². The lowest BCUT2D eigenvalue weighted by atomic mass is 10.2. The van der Waals surface area contributed by atoms with Gasteiger partial charge in [-0.1, -0.05) is 30.3 Å². The summed E-state index contributed by atoms with van der Waals surface area (Å²) in [5.74, 6) is 1.44. The number of benzene rings is 2. The molecule has 3 aromatic rings. The number of anilines is 1. The Balaban J connectivity index is 1.61. The van der Waals surface area contributed by atoms with Gasteiger partial charge >= 0.3 is 0 Å². The molecule has 0 fully saturated rings. The Labute approximate surface area is 157 Å². The minimum Gasteiger partial charge on any atom is -0.497 e. The summed E-state index contributed by atoms with van der Waals surface area (Å²) in [5.41, 5.74) is 1.13. The number of nitrogens with zero attached hydrogens (tertiary/aromatic N) is 2. The van der Waals surface area contributed by atoms with Gasteiger partial charge in [-0.3, -0.25) is 4.79 Å². The molecule has 5 nitrogen and oxygen atoms in total. The molecule has 1 amide bonds. The molecule has 3 rings (SSSR count). The quantitative estimate of drug-likeness (QED) is 0.640. The summed E-state index contributed by atoms with van der Waals surface area (Å²) in [6, 6.07) is 19.5. The summed E-state index contributed by atoms with van der Waals surface area (Å²) < 4.78 is 6.95. The van der Waals surface area contributed by atoms with Crippen LogP contribution in [0, 0.1) is 0 Å². The molecule has 0 saturated carbocycles. The first-order valence-electron chi connectivity index (χ1n) is 8.33. The van der Waals surface area contributed by atoms with Crippen LogP contribution in [0.25, 0.3) is 0 Å². The van der Waals surface area contributed by atoms with E-state index in [1.807, 2.05) is 67.6 Å². The van der Waals surface area contributed by atoms with Crippen LogP contribution in [-0.4, -0.2) is 28.0 Å². The van der Waals surface area contributed by atoms with E-state index in [0.29, 0.717) is 12.4 Å². The summed E-state index contributed by atoms with van der Waals surface area (Å²) >= 11 is 1.51. The standard InChI is InChI=1S/C20H21N3O2S/c1-15(26-18-10-8-17(25-2)9-11-18)20(24)22-19-12-13-21-23(19)14-16-6-4-3-5-7-16/h3-13,15H,14H2,1-2H3,(H,22,24). The number of thioether (sulfide) groups is 1. The lowest BCUT2D eigenvalue weighted by Gasteiger charge is -2.13. The Bertz CT molecular complexity index is 847. The second-order valence-corrected chi connectivity index (χ2v) is 7.20. The van der Waals surface area contributed by atoms with Crippen LogP contribution in [0.4, 0.5) is 5.82 Å². The zero-order valence-corrected chi connectivity index (χ0v) is 15.6. The van der Waals surface area contributed by atoms with Crippen molar-refractivity contribution >= 4 is 23.5 Å². The maximum atomic E-state index is 12.5. The van der Waals surface area contributed by atoms with Gasteiger partial charge in [0.05, 0.1) is 25.1 Å².